The topological polar surface area (TPSA) is 29.9 Å². The van der Waals surface area contributed by atoms with Gasteiger partial charge >= 0.3 is 0 Å². The second kappa shape index (κ2) is 6.37. The molecule has 3 nitrogen and oxygen atoms in total. The van der Waals surface area contributed by atoms with Crippen molar-refractivity contribution in [3.8, 4) is 0 Å². The molecule has 1 aromatic rings. The molecule has 2 rings (SSSR count). The lowest BCUT2D eigenvalue weighted by Gasteiger charge is -2.21. The first-order chi connectivity index (χ1) is 8.66. The molecular weight excluding hydrogens is 222 g/mol. The van der Waals surface area contributed by atoms with Crippen molar-refractivity contribution < 1.29 is 0 Å². The molecule has 2 atom stereocenters. The quantitative estimate of drug-likeness (QED) is 0.840. The molecule has 1 fully saturated rings. The summed E-state index contributed by atoms with van der Waals surface area (Å²) in [5.74, 6) is 3.01. The zero-order valence-corrected chi connectivity index (χ0v) is 12.0. The monoisotopic (exact) mass is 249 g/mol. The van der Waals surface area contributed by atoms with Gasteiger partial charge in [-0.2, -0.15) is 0 Å². The standard InChI is InChI=1S/C15H27N3/c1-12(2)17-11-14-6-4-5-13(14)7-8-15-16-9-10-18(15)3/h9-10,12-14,17H,4-8,11H2,1-3H3. The first-order valence-electron chi connectivity index (χ1n) is 7.36. The highest BCUT2D eigenvalue weighted by molar-refractivity contribution is 4.92. The summed E-state index contributed by atoms with van der Waals surface area (Å²) in [5, 5.41) is 3.60. The number of aryl methyl sites for hydroxylation is 2. The molecule has 0 saturated heterocycles. The van der Waals surface area contributed by atoms with E-state index in [0.717, 1.165) is 18.3 Å². The second-order valence-electron chi connectivity index (χ2n) is 6.01. The molecule has 0 aromatic carbocycles. The lowest BCUT2D eigenvalue weighted by atomic mass is 9.91. The van der Waals surface area contributed by atoms with Gasteiger partial charge in [-0.05, 0) is 31.2 Å². The average molecular weight is 249 g/mol. The molecule has 0 bridgehead atoms. The molecule has 0 spiro atoms. The minimum atomic E-state index is 0.612. The van der Waals surface area contributed by atoms with Gasteiger partial charge in [0.05, 0.1) is 0 Å². The Labute approximate surface area is 111 Å². The van der Waals surface area contributed by atoms with E-state index in [2.05, 4.69) is 35.8 Å². The van der Waals surface area contributed by atoms with Gasteiger partial charge in [-0.1, -0.05) is 26.7 Å². The van der Waals surface area contributed by atoms with Crippen molar-refractivity contribution >= 4 is 0 Å². The van der Waals surface area contributed by atoms with E-state index >= 15 is 0 Å². The van der Waals surface area contributed by atoms with Crippen LogP contribution in [0.25, 0.3) is 0 Å². The van der Waals surface area contributed by atoms with E-state index in [1.807, 2.05) is 12.4 Å². The Kier molecular flexibility index (Phi) is 4.81. The van der Waals surface area contributed by atoms with E-state index < -0.39 is 0 Å². The van der Waals surface area contributed by atoms with Crippen molar-refractivity contribution in [3.05, 3.63) is 18.2 Å². The average Bonchev–Trinajstić information content (AvgIpc) is 2.92. The number of imidazole rings is 1. The third-order valence-electron chi connectivity index (χ3n) is 4.26. The van der Waals surface area contributed by atoms with Crippen molar-refractivity contribution in [1.82, 2.24) is 14.9 Å². The van der Waals surface area contributed by atoms with Gasteiger partial charge < -0.3 is 9.88 Å². The van der Waals surface area contributed by atoms with Crippen LogP contribution in [-0.2, 0) is 13.5 Å². The predicted molar refractivity (Wildman–Crippen MR) is 75.5 cm³/mol. The zero-order chi connectivity index (χ0) is 13.0. The maximum Gasteiger partial charge on any atom is 0.108 e. The van der Waals surface area contributed by atoms with Crippen LogP contribution in [0.5, 0.6) is 0 Å². The van der Waals surface area contributed by atoms with Gasteiger partial charge in [0, 0.05) is 31.9 Å². The van der Waals surface area contributed by atoms with Gasteiger partial charge in [-0.15, -0.1) is 0 Å². The molecule has 1 aromatic heterocycles. The highest BCUT2D eigenvalue weighted by Gasteiger charge is 2.26. The molecule has 0 amide bonds. The number of hydrogen-bond acceptors (Lipinski definition) is 2. The third-order valence-corrected chi connectivity index (χ3v) is 4.26. The summed E-state index contributed by atoms with van der Waals surface area (Å²) in [5.41, 5.74) is 0. The normalized spacial score (nSPS) is 24.0. The molecule has 1 aliphatic carbocycles. The van der Waals surface area contributed by atoms with Crippen molar-refractivity contribution in [2.24, 2.45) is 18.9 Å². The van der Waals surface area contributed by atoms with Crippen molar-refractivity contribution in [2.45, 2.75) is 52.0 Å². The Morgan fingerprint density at radius 1 is 1.39 bits per heavy atom. The molecule has 0 radical (unpaired) electrons. The van der Waals surface area contributed by atoms with Crippen LogP contribution in [0, 0.1) is 11.8 Å². The van der Waals surface area contributed by atoms with E-state index in [4.69, 9.17) is 0 Å². The summed E-state index contributed by atoms with van der Waals surface area (Å²) in [6.07, 6.45) is 10.6. The number of aromatic nitrogens is 2. The van der Waals surface area contributed by atoms with Crippen molar-refractivity contribution in [2.75, 3.05) is 6.54 Å². The number of hydrogen-bond donors (Lipinski definition) is 1. The highest BCUT2D eigenvalue weighted by atomic mass is 15.0. The summed E-state index contributed by atoms with van der Waals surface area (Å²) in [4.78, 5) is 4.42. The molecule has 1 saturated carbocycles. The van der Waals surface area contributed by atoms with Crippen LogP contribution in [0.2, 0.25) is 0 Å². The zero-order valence-electron chi connectivity index (χ0n) is 12.0. The van der Waals surface area contributed by atoms with Crippen LogP contribution < -0.4 is 5.32 Å². The first kappa shape index (κ1) is 13.6. The van der Waals surface area contributed by atoms with Crippen LogP contribution in [0.1, 0.15) is 45.4 Å². The minimum Gasteiger partial charge on any atom is -0.338 e. The Morgan fingerprint density at radius 2 is 2.17 bits per heavy atom. The predicted octanol–water partition coefficient (Wildman–Crippen LogP) is 2.77. The largest absolute Gasteiger partial charge is 0.338 e. The molecule has 1 N–H and O–H groups in total. The molecule has 2 unspecified atom stereocenters. The Bertz CT molecular complexity index is 356. The second-order valence-corrected chi connectivity index (χ2v) is 6.01. The number of rotatable bonds is 6. The van der Waals surface area contributed by atoms with E-state index in [9.17, 15) is 0 Å². The molecule has 18 heavy (non-hydrogen) atoms. The molecule has 1 aliphatic rings. The summed E-state index contributed by atoms with van der Waals surface area (Å²) >= 11 is 0. The molecular formula is C15H27N3. The maximum atomic E-state index is 4.42. The Hall–Kier alpha value is -0.830. The Morgan fingerprint density at radius 3 is 2.83 bits per heavy atom. The highest BCUT2D eigenvalue weighted by Crippen LogP contribution is 2.34. The fourth-order valence-corrected chi connectivity index (χ4v) is 3.10. The fourth-order valence-electron chi connectivity index (χ4n) is 3.10. The van der Waals surface area contributed by atoms with Gasteiger partial charge in [0.1, 0.15) is 5.82 Å². The molecule has 0 aliphatic heterocycles. The lowest BCUT2D eigenvalue weighted by Crippen LogP contribution is -2.30. The summed E-state index contributed by atoms with van der Waals surface area (Å²) in [6, 6.07) is 0.612. The lowest BCUT2D eigenvalue weighted by molar-refractivity contribution is 0.336. The van der Waals surface area contributed by atoms with Crippen molar-refractivity contribution in [3.63, 3.8) is 0 Å². The number of nitrogens with zero attached hydrogens (tertiary/aromatic N) is 2. The van der Waals surface area contributed by atoms with Crippen LogP contribution in [0.3, 0.4) is 0 Å². The Balaban J connectivity index is 1.79. The fraction of sp³-hybridized carbons (Fsp3) is 0.800. The van der Waals surface area contributed by atoms with Gasteiger partial charge in [-0.25, -0.2) is 4.98 Å². The smallest absolute Gasteiger partial charge is 0.108 e. The SMILES string of the molecule is CC(C)NCC1CCCC1CCc1nccn1C. The number of nitrogens with one attached hydrogen (secondary N) is 1. The molecule has 102 valence electrons. The van der Waals surface area contributed by atoms with Crippen LogP contribution in [-0.4, -0.2) is 22.1 Å². The van der Waals surface area contributed by atoms with Gasteiger partial charge in [0.2, 0.25) is 0 Å². The summed E-state index contributed by atoms with van der Waals surface area (Å²) in [6.45, 7) is 5.67. The third kappa shape index (κ3) is 3.58. The molecule has 1 heterocycles. The van der Waals surface area contributed by atoms with E-state index in [1.165, 1.54) is 38.1 Å². The van der Waals surface area contributed by atoms with Gasteiger partial charge in [0.25, 0.3) is 0 Å². The van der Waals surface area contributed by atoms with Gasteiger partial charge in [-0.3, -0.25) is 0 Å². The summed E-state index contributed by atoms with van der Waals surface area (Å²) < 4.78 is 2.15. The summed E-state index contributed by atoms with van der Waals surface area (Å²) in [7, 11) is 2.09. The van der Waals surface area contributed by atoms with E-state index in [1.54, 1.807) is 0 Å². The first-order valence-corrected chi connectivity index (χ1v) is 7.36. The van der Waals surface area contributed by atoms with Crippen LogP contribution >= 0.6 is 0 Å². The van der Waals surface area contributed by atoms with E-state index in [0.29, 0.717) is 6.04 Å². The van der Waals surface area contributed by atoms with Crippen molar-refractivity contribution in [1.29, 1.82) is 0 Å². The minimum absolute atomic E-state index is 0.612. The molecule has 3 heteroatoms. The van der Waals surface area contributed by atoms with Crippen LogP contribution in [0.15, 0.2) is 12.4 Å². The van der Waals surface area contributed by atoms with E-state index in [-0.39, 0.29) is 0 Å². The van der Waals surface area contributed by atoms with Gasteiger partial charge in [0.15, 0.2) is 0 Å². The maximum absolute atomic E-state index is 4.42. The van der Waals surface area contributed by atoms with Crippen LogP contribution in [0.4, 0.5) is 0 Å².